The Kier molecular flexibility index (Phi) is 4.30. The average molecular weight is 211 g/mol. The van der Waals surface area contributed by atoms with Crippen LogP contribution >= 0.6 is 0 Å². The molecule has 2 N–H and O–H groups in total. The van der Waals surface area contributed by atoms with Crippen molar-refractivity contribution in [3.8, 4) is 0 Å². The molecule has 5 heteroatoms. The molecule has 1 aromatic heterocycles. The minimum atomic E-state index is -0.334. The molecule has 84 valence electrons. The number of nitrogens with zero attached hydrogens (tertiary/aromatic N) is 2. The second-order valence-corrected chi connectivity index (χ2v) is 3.46. The second-order valence-electron chi connectivity index (χ2n) is 3.46. The second kappa shape index (κ2) is 5.50. The number of esters is 1. The van der Waals surface area contributed by atoms with Crippen LogP contribution < -0.4 is 5.73 Å². The number of hydrogen-bond acceptors (Lipinski definition) is 4. The first-order valence-electron chi connectivity index (χ1n) is 5.08. The maximum absolute atomic E-state index is 11.5. The molecule has 0 aromatic carbocycles. The van der Waals surface area contributed by atoms with E-state index in [1.165, 1.54) is 6.20 Å². The summed E-state index contributed by atoms with van der Waals surface area (Å²) in [7, 11) is 0. The molecule has 0 aliphatic rings. The first kappa shape index (κ1) is 11.7. The Labute approximate surface area is 89.2 Å². The van der Waals surface area contributed by atoms with Gasteiger partial charge in [-0.3, -0.25) is 0 Å². The molecular weight excluding hydrogens is 194 g/mol. The van der Waals surface area contributed by atoms with Crippen LogP contribution in [0.1, 0.15) is 30.8 Å². The van der Waals surface area contributed by atoms with Gasteiger partial charge in [-0.2, -0.15) is 0 Å². The predicted octanol–water partition coefficient (Wildman–Crippen LogP) is 0.797. The lowest BCUT2D eigenvalue weighted by molar-refractivity contribution is 0.0513. The lowest BCUT2D eigenvalue weighted by atomic mass is 10.2. The highest BCUT2D eigenvalue weighted by molar-refractivity contribution is 5.87. The Morgan fingerprint density at radius 1 is 1.73 bits per heavy atom. The third-order valence-electron chi connectivity index (χ3n) is 2.02. The Bertz CT molecular complexity index is 320. The van der Waals surface area contributed by atoms with E-state index in [2.05, 4.69) is 4.98 Å². The molecule has 0 bridgehead atoms. The predicted molar refractivity (Wildman–Crippen MR) is 56.4 cm³/mol. The summed E-state index contributed by atoms with van der Waals surface area (Å²) in [4.78, 5) is 15.4. The van der Waals surface area contributed by atoms with Crippen molar-refractivity contribution in [1.29, 1.82) is 0 Å². The zero-order valence-corrected chi connectivity index (χ0v) is 9.14. The van der Waals surface area contributed by atoms with Crippen LogP contribution in [0.5, 0.6) is 0 Å². The number of hydrogen-bond donors (Lipinski definition) is 1. The number of nitrogens with two attached hydrogens (primary N) is 1. The lowest BCUT2D eigenvalue weighted by Crippen LogP contribution is -2.19. The quantitative estimate of drug-likeness (QED) is 0.731. The zero-order valence-electron chi connectivity index (χ0n) is 9.14. The highest BCUT2D eigenvalue weighted by Crippen LogP contribution is 2.04. The van der Waals surface area contributed by atoms with Crippen molar-refractivity contribution in [1.82, 2.24) is 9.55 Å². The van der Waals surface area contributed by atoms with Crippen LogP contribution in [-0.4, -0.2) is 28.2 Å². The van der Waals surface area contributed by atoms with Crippen molar-refractivity contribution < 1.29 is 9.53 Å². The first-order chi connectivity index (χ1) is 7.15. The van der Waals surface area contributed by atoms with E-state index in [-0.39, 0.29) is 12.0 Å². The number of carbonyl (C=O) groups is 1. The smallest absolute Gasteiger partial charge is 0.356 e. The van der Waals surface area contributed by atoms with Gasteiger partial charge in [0, 0.05) is 12.6 Å². The van der Waals surface area contributed by atoms with Crippen molar-refractivity contribution in [2.45, 2.75) is 32.9 Å². The number of carbonyl (C=O) groups excluding carboxylic acids is 1. The summed E-state index contributed by atoms with van der Waals surface area (Å²) in [6, 6.07) is 0.113. The highest BCUT2D eigenvalue weighted by Gasteiger charge is 2.12. The topological polar surface area (TPSA) is 70.1 Å². The maximum atomic E-state index is 11.5. The number of imidazole rings is 1. The van der Waals surface area contributed by atoms with Crippen molar-refractivity contribution in [2.24, 2.45) is 5.73 Å². The summed E-state index contributed by atoms with van der Waals surface area (Å²) in [5.41, 5.74) is 6.13. The molecule has 1 heterocycles. The van der Waals surface area contributed by atoms with E-state index in [9.17, 15) is 4.79 Å². The van der Waals surface area contributed by atoms with Gasteiger partial charge in [0.1, 0.15) is 5.69 Å². The molecule has 0 amide bonds. The van der Waals surface area contributed by atoms with Crippen molar-refractivity contribution in [3.63, 3.8) is 0 Å². The van der Waals surface area contributed by atoms with Gasteiger partial charge in [0.05, 0.1) is 19.1 Å². The molecule has 0 aliphatic heterocycles. The van der Waals surface area contributed by atoms with E-state index >= 15 is 0 Å². The minimum Gasteiger partial charge on any atom is -0.461 e. The van der Waals surface area contributed by atoms with Crippen LogP contribution in [0.2, 0.25) is 0 Å². The summed E-state index contributed by atoms with van der Waals surface area (Å²) < 4.78 is 6.67. The van der Waals surface area contributed by atoms with Gasteiger partial charge >= 0.3 is 5.97 Å². The Morgan fingerprint density at radius 3 is 3.07 bits per heavy atom. The SMILES string of the molecule is CCOC(=O)c1cncn1CCC(C)N. The largest absolute Gasteiger partial charge is 0.461 e. The van der Waals surface area contributed by atoms with Gasteiger partial charge in [-0.25, -0.2) is 9.78 Å². The fourth-order valence-electron chi connectivity index (χ4n) is 1.22. The number of ether oxygens (including phenoxy) is 1. The minimum absolute atomic E-state index is 0.113. The molecule has 0 saturated heterocycles. The summed E-state index contributed by atoms with van der Waals surface area (Å²) in [5.74, 6) is -0.334. The number of aromatic nitrogens is 2. The van der Waals surface area contributed by atoms with Gasteiger partial charge in [0.2, 0.25) is 0 Å². The molecule has 0 spiro atoms. The third-order valence-corrected chi connectivity index (χ3v) is 2.02. The van der Waals surface area contributed by atoms with Crippen LogP contribution in [0.3, 0.4) is 0 Å². The van der Waals surface area contributed by atoms with Gasteiger partial charge in [-0.1, -0.05) is 0 Å². The van der Waals surface area contributed by atoms with E-state index in [4.69, 9.17) is 10.5 Å². The molecule has 0 aliphatic carbocycles. The number of aryl methyl sites for hydroxylation is 1. The Morgan fingerprint density at radius 2 is 2.47 bits per heavy atom. The first-order valence-corrected chi connectivity index (χ1v) is 5.08. The molecule has 0 radical (unpaired) electrons. The number of rotatable bonds is 5. The highest BCUT2D eigenvalue weighted by atomic mass is 16.5. The molecule has 15 heavy (non-hydrogen) atoms. The van der Waals surface area contributed by atoms with E-state index in [1.54, 1.807) is 17.8 Å². The third kappa shape index (κ3) is 3.36. The van der Waals surface area contributed by atoms with Crippen LogP contribution in [-0.2, 0) is 11.3 Å². The van der Waals surface area contributed by atoms with Crippen LogP contribution in [0.15, 0.2) is 12.5 Å². The van der Waals surface area contributed by atoms with Gasteiger partial charge in [0.15, 0.2) is 0 Å². The van der Waals surface area contributed by atoms with E-state index in [0.717, 1.165) is 6.42 Å². The molecule has 1 unspecified atom stereocenters. The Balaban J connectivity index is 2.64. The standard InChI is InChI=1S/C10H17N3O2/c1-3-15-10(14)9-6-12-7-13(9)5-4-8(2)11/h6-8H,3-5,11H2,1-2H3. The van der Waals surface area contributed by atoms with Crippen molar-refractivity contribution in [3.05, 3.63) is 18.2 Å². The van der Waals surface area contributed by atoms with Gasteiger partial charge in [0.25, 0.3) is 0 Å². The molecule has 0 saturated carbocycles. The summed E-state index contributed by atoms with van der Waals surface area (Å²) in [6.45, 7) is 4.77. The average Bonchev–Trinajstić information content (AvgIpc) is 2.62. The molecule has 1 rings (SSSR count). The maximum Gasteiger partial charge on any atom is 0.356 e. The molecule has 5 nitrogen and oxygen atoms in total. The van der Waals surface area contributed by atoms with Gasteiger partial charge < -0.3 is 15.0 Å². The fraction of sp³-hybridized carbons (Fsp3) is 0.600. The van der Waals surface area contributed by atoms with Crippen molar-refractivity contribution >= 4 is 5.97 Å². The summed E-state index contributed by atoms with van der Waals surface area (Å²) in [6.07, 6.45) is 3.94. The monoisotopic (exact) mass is 211 g/mol. The van der Waals surface area contributed by atoms with E-state index in [0.29, 0.717) is 18.8 Å². The van der Waals surface area contributed by atoms with E-state index in [1.807, 2.05) is 6.92 Å². The molecule has 0 fully saturated rings. The molecule has 1 aromatic rings. The van der Waals surface area contributed by atoms with Gasteiger partial charge in [-0.05, 0) is 20.3 Å². The lowest BCUT2D eigenvalue weighted by Gasteiger charge is -2.08. The molecule has 1 atom stereocenters. The normalized spacial score (nSPS) is 12.5. The van der Waals surface area contributed by atoms with E-state index < -0.39 is 0 Å². The summed E-state index contributed by atoms with van der Waals surface area (Å²) in [5, 5.41) is 0. The van der Waals surface area contributed by atoms with Crippen molar-refractivity contribution in [2.75, 3.05) is 6.61 Å². The zero-order chi connectivity index (χ0) is 11.3. The Hall–Kier alpha value is -1.36. The fourth-order valence-corrected chi connectivity index (χ4v) is 1.22. The summed E-state index contributed by atoms with van der Waals surface area (Å²) >= 11 is 0. The molecular formula is C10H17N3O2. The van der Waals surface area contributed by atoms with Crippen LogP contribution in [0.4, 0.5) is 0 Å². The van der Waals surface area contributed by atoms with Crippen LogP contribution in [0.25, 0.3) is 0 Å². The van der Waals surface area contributed by atoms with Crippen LogP contribution in [0, 0.1) is 0 Å². The van der Waals surface area contributed by atoms with Gasteiger partial charge in [-0.15, -0.1) is 0 Å².